The maximum atomic E-state index is 4.90. The molecule has 1 aliphatic rings. The molecule has 0 saturated carbocycles. The molecule has 1 saturated heterocycles. The maximum Gasteiger partial charge on any atom is 0.225 e. The van der Waals surface area contributed by atoms with Gasteiger partial charge in [0.15, 0.2) is 5.96 Å². The monoisotopic (exact) mass is 391 g/mol. The predicted octanol–water partition coefficient (Wildman–Crippen LogP) is 2.60. The summed E-state index contributed by atoms with van der Waals surface area (Å²) in [5, 5.41) is 4.75. The van der Waals surface area contributed by atoms with E-state index < -0.39 is 0 Å². The second-order valence-corrected chi connectivity index (χ2v) is 7.37. The quantitative estimate of drug-likeness (QED) is 0.517. The van der Waals surface area contributed by atoms with Crippen molar-refractivity contribution in [3.63, 3.8) is 0 Å². The van der Waals surface area contributed by atoms with Gasteiger partial charge in [0.25, 0.3) is 0 Å². The van der Waals surface area contributed by atoms with E-state index in [0.29, 0.717) is 0 Å². The van der Waals surface area contributed by atoms with E-state index >= 15 is 0 Å². The smallest absolute Gasteiger partial charge is 0.225 e. The Hall–Kier alpha value is -3.09. The zero-order valence-corrected chi connectivity index (χ0v) is 17.2. The molecular weight excluding hydrogens is 362 g/mol. The summed E-state index contributed by atoms with van der Waals surface area (Å²) < 4.78 is 0. The fourth-order valence-corrected chi connectivity index (χ4v) is 3.79. The molecule has 0 radical (unpaired) electrons. The van der Waals surface area contributed by atoms with E-state index in [4.69, 9.17) is 4.99 Å². The Balaban J connectivity index is 1.38. The van der Waals surface area contributed by atoms with E-state index in [0.717, 1.165) is 57.6 Å². The number of fused-ring (bicyclic) bond motifs is 1. The zero-order chi connectivity index (χ0) is 20.1. The molecule has 0 bridgehead atoms. The summed E-state index contributed by atoms with van der Waals surface area (Å²) in [5.74, 6) is 1.81. The summed E-state index contributed by atoms with van der Waals surface area (Å²) in [7, 11) is 0. The van der Waals surface area contributed by atoms with Gasteiger partial charge in [-0.05, 0) is 43.5 Å². The highest BCUT2D eigenvalue weighted by Gasteiger charge is 2.21. The third kappa shape index (κ3) is 4.50. The Morgan fingerprint density at radius 2 is 1.97 bits per heavy atom. The number of anilines is 1. The van der Waals surface area contributed by atoms with Crippen molar-refractivity contribution in [1.82, 2.24) is 25.2 Å². The Morgan fingerprint density at radius 3 is 2.72 bits per heavy atom. The molecule has 3 heterocycles. The number of aromatic nitrogens is 3. The van der Waals surface area contributed by atoms with Crippen molar-refractivity contribution >= 4 is 22.8 Å². The number of nitrogens with one attached hydrogen (secondary N) is 2. The minimum atomic E-state index is 0.769. The van der Waals surface area contributed by atoms with Gasteiger partial charge in [-0.2, -0.15) is 0 Å². The van der Waals surface area contributed by atoms with Crippen molar-refractivity contribution < 1.29 is 0 Å². The van der Waals surface area contributed by atoms with Crippen LogP contribution in [0.4, 0.5) is 5.95 Å². The number of H-pyrrole nitrogens is 1. The number of aromatic amines is 1. The van der Waals surface area contributed by atoms with Gasteiger partial charge in [0, 0.05) is 68.8 Å². The minimum absolute atomic E-state index is 0.769. The number of piperazine rings is 1. The number of aliphatic imine (C=N–C) groups is 1. The van der Waals surface area contributed by atoms with Gasteiger partial charge in [-0.25, -0.2) is 9.97 Å². The van der Waals surface area contributed by atoms with Crippen LogP contribution in [0.15, 0.2) is 47.8 Å². The van der Waals surface area contributed by atoms with Crippen LogP contribution in [-0.2, 0) is 6.42 Å². The molecule has 7 nitrogen and oxygen atoms in total. The van der Waals surface area contributed by atoms with Crippen LogP contribution in [0.5, 0.6) is 0 Å². The van der Waals surface area contributed by atoms with E-state index in [2.05, 4.69) is 68.3 Å². The predicted molar refractivity (Wildman–Crippen MR) is 119 cm³/mol. The van der Waals surface area contributed by atoms with Crippen molar-refractivity contribution in [2.24, 2.45) is 4.99 Å². The largest absolute Gasteiger partial charge is 0.361 e. The van der Waals surface area contributed by atoms with Crippen LogP contribution < -0.4 is 10.2 Å². The van der Waals surface area contributed by atoms with Gasteiger partial charge in [-0.1, -0.05) is 12.1 Å². The number of nitrogens with zero attached hydrogens (tertiary/aromatic N) is 5. The Morgan fingerprint density at radius 1 is 1.17 bits per heavy atom. The lowest BCUT2D eigenvalue weighted by molar-refractivity contribution is 0.370. The zero-order valence-electron chi connectivity index (χ0n) is 17.2. The maximum absolute atomic E-state index is 4.90. The van der Waals surface area contributed by atoms with E-state index in [1.807, 2.05) is 6.07 Å². The summed E-state index contributed by atoms with van der Waals surface area (Å²) in [6.07, 6.45) is 6.64. The number of hydrogen-bond acceptors (Lipinski definition) is 4. The third-order valence-corrected chi connectivity index (χ3v) is 5.31. The first-order valence-corrected chi connectivity index (χ1v) is 10.4. The summed E-state index contributed by atoms with van der Waals surface area (Å²) in [5.41, 5.74) is 3.80. The molecule has 0 aliphatic carbocycles. The molecule has 0 atom stereocenters. The van der Waals surface area contributed by atoms with Crippen LogP contribution in [0.2, 0.25) is 0 Å². The molecule has 4 rings (SSSR count). The lowest BCUT2D eigenvalue weighted by Gasteiger charge is -2.36. The first-order chi connectivity index (χ1) is 14.2. The van der Waals surface area contributed by atoms with Crippen molar-refractivity contribution in [1.29, 1.82) is 0 Å². The number of aryl methyl sites for hydroxylation is 1. The number of guanidine groups is 1. The molecule has 0 unspecified atom stereocenters. The first-order valence-electron chi connectivity index (χ1n) is 10.4. The standard InChI is InChI=1S/C22H29N7/c1-3-23-21(28-11-13-29(14-12-28)22-24-8-4-9-25-22)26-10-7-18-16-27-20-15-17(2)5-6-19(18)20/h4-6,8-9,15-16,27H,3,7,10-14H2,1-2H3,(H,23,26). The molecule has 2 aromatic heterocycles. The van der Waals surface area contributed by atoms with E-state index in [1.54, 1.807) is 12.4 Å². The normalized spacial score (nSPS) is 15.2. The fraction of sp³-hybridized carbons (Fsp3) is 0.409. The average Bonchev–Trinajstić information content (AvgIpc) is 3.16. The average molecular weight is 392 g/mol. The lowest BCUT2D eigenvalue weighted by atomic mass is 10.1. The summed E-state index contributed by atoms with van der Waals surface area (Å²) in [6, 6.07) is 8.42. The van der Waals surface area contributed by atoms with Crippen molar-refractivity contribution in [2.75, 3.05) is 44.2 Å². The highest BCUT2D eigenvalue weighted by atomic mass is 15.4. The van der Waals surface area contributed by atoms with Gasteiger partial charge in [-0.3, -0.25) is 4.99 Å². The number of hydrogen-bond donors (Lipinski definition) is 2. The summed E-state index contributed by atoms with van der Waals surface area (Å²) in [4.78, 5) is 21.6. The van der Waals surface area contributed by atoms with Crippen molar-refractivity contribution in [3.05, 3.63) is 54.0 Å². The molecule has 7 heteroatoms. The Kier molecular flexibility index (Phi) is 5.93. The molecule has 2 N–H and O–H groups in total. The molecule has 152 valence electrons. The van der Waals surface area contributed by atoms with Crippen molar-refractivity contribution in [3.8, 4) is 0 Å². The molecule has 3 aromatic rings. The van der Waals surface area contributed by atoms with Crippen LogP contribution in [0, 0.1) is 6.92 Å². The summed E-state index contributed by atoms with van der Waals surface area (Å²) in [6.45, 7) is 9.50. The van der Waals surface area contributed by atoms with Gasteiger partial charge in [0.1, 0.15) is 0 Å². The topological polar surface area (TPSA) is 72.4 Å². The van der Waals surface area contributed by atoms with Crippen LogP contribution >= 0.6 is 0 Å². The number of rotatable bonds is 5. The van der Waals surface area contributed by atoms with Crippen molar-refractivity contribution in [2.45, 2.75) is 20.3 Å². The molecule has 1 fully saturated rings. The van der Waals surface area contributed by atoms with E-state index in [-0.39, 0.29) is 0 Å². The van der Waals surface area contributed by atoms with E-state index in [9.17, 15) is 0 Å². The lowest BCUT2D eigenvalue weighted by Crippen LogP contribution is -2.53. The molecule has 1 aromatic carbocycles. The van der Waals surface area contributed by atoms with Gasteiger partial charge in [0.05, 0.1) is 0 Å². The highest BCUT2D eigenvalue weighted by Crippen LogP contribution is 2.20. The van der Waals surface area contributed by atoms with Gasteiger partial charge >= 0.3 is 0 Å². The second-order valence-electron chi connectivity index (χ2n) is 7.37. The molecular formula is C22H29N7. The van der Waals surface area contributed by atoms with E-state index in [1.165, 1.54) is 22.0 Å². The summed E-state index contributed by atoms with van der Waals surface area (Å²) >= 11 is 0. The number of benzene rings is 1. The van der Waals surface area contributed by atoms with Crippen LogP contribution in [0.1, 0.15) is 18.1 Å². The second kappa shape index (κ2) is 8.94. The highest BCUT2D eigenvalue weighted by molar-refractivity contribution is 5.84. The SMILES string of the molecule is CCNC(=NCCc1c[nH]c2cc(C)ccc12)N1CCN(c2ncccn2)CC1. The van der Waals surface area contributed by atoms with Crippen LogP contribution in [-0.4, -0.2) is 65.1 Å². The van der Waals surface area contributed by atoms with Gasteiger partial charge < -0.3 is 20.1 Å². The minimum Gasteiger partial charge on any atom is -0.361 e. The molecule has 0 spiro atoms. The molecule has 1 aliphatic heterocycles. The van der Waals surface area contributed by atoms with Crippen LogP contribution in [0.3, 0.4) is 0 Å². The third-order valence-electron chi connectivity index (χ3n) is 5.31. The molecule has 0 amide bonds. The van der Waals surface area contributed by atoms with Gasteiger partial charge in [0.2, 0.25) is 5.95 Å². The van der Waals surface area contributed by atoms with Gasteiger partial charge in [-0.15, -0.1) is 0 Å². The first kappa shape index (κ1) is 19.2. The fourth-order valence-electron chi connectivity index (χ4n) is 3.79. The molecule has 29 heavy (non-hydrogen) atoms. The Bertz CT molecular complexity index is 956. The Labute approximate surface area is 171 Å². The van der Waals surface area contributed by atoms with Crippen LogP contribution in [0.25, 0.3) is 10.9 Å².